The quantitative estimate of drug-likeness (QED) is 0.622. The molecule has 0 unspecified atom stereocenters. The molecule has 2 N–H and O–H groups in total. The lowest BCUT2D eigenvalue weighted by atomic mass is 10.3. The summed E-state index contributed by atoms with van der Waals surface area (Å²) < 4.78 is 29.0. The maximum absolute atomic E-state index is 12.4. The molecule has 1 heterocycles. The van der Waals surface area contributed by atoms with E-state index in [9.17, 15) is 13.2 Å². The van der Waals surface area contributed by atoms with E-state index in [2.05, 4.69) is 31.0 Å². The number of aromatic nitrogens is 1. The van der Waals surface area contributed by atoms with Crippen molar-refractivity contribution in [2.75, 3.05) is 10.0 Å². The van der Waals surface area contributed by atoms with Gasteiger partial charge in [-0.2, -0.15) is 0 Å². The highest BCUT2D eigenvalue weighted by atomic mass is 79.9. The lowest BCUT2D eigenvalue weighted by molar-refractivity contribution is -0.115. The van der Waals surface area contributed by atoms with E-state index in [1.54, 1.807) is 37.3 Å². The number of sulfonamides is 1. The van der Waals surface area contributed by atoms with E-state index < -0.39 is 10.0 Å². The number of halogens is 1. The van der Waals surface area contributed by atoms with E-state index >= 15 is 0 Å². The van der Waals surface area contributed by atoms with E-state index in [1.807, 2.05) is 0 Å². The molecule has 0 fully saturated rings. The molecule has 0 aliphatic carbocycles. The summed E-state index contributed by atoms with van der Waals surface area (Å²) in [6.45, 7) is 1.76. The molecule has 2 aromatic carbocycles. The van der Waals surface area contributed by atoms with E-state index in [4.69, 9.17) is 0 Å². The Morgan fingerprint density at radius 2 is 1.92 bits per heavy atom. The molecule has 9 heteroatoms. The van der Waals surface area contributed by atoms with Crippen LogP contribution in [0.3, 0.4) is 0 Å². The van der Waals surface area contributed by atoms with Crippen LogP contribution < -0.4 is 10.0 Å². The average molecular weight is 440 g/mol. The van der Waals surface area contributed by atoms with Crippen LogP contribution in [0.1, 0.15) is 13.3 Å². The van der Waals surface area contributed by atoms with Gasteiger partial charge in [-0.15, -0.1) is 0 Å². The molecule has 0 radical (unpaired) electrons. The summed E-state index contributed by atoms with van der Waals surface area (Å²) in [5.41, 5.74) is 1.13. The Labute approximate surface area is 157 Å². The number of fused-ring (bicyclic) bond motifs is 1. The van der Waals surface area contributed by atoms with Crippen LogP contribution >= 0.6 is 27.3 Å². The first kappa shape index (κ1) is 17.8. The lowest BCUT2D eigenvalue weighted by Gasteiger charge is -2.08. The first-order valence-corrected chi connectivity index (χ1v) is 10.5. The molecule has 0 atom stereocenters. The molecule has 0 aliphatic heterocycles. The van der Waals surface area contributed by atoms with Gasteiger partial charge in [-0.1, -0.05) is 34.2 Å². The molecular formula is C16H14BrN3O3S2. The maximum Gasteiger partial charge on any atom is 0.261 e. The molecule has 0 bridgehead atoms. The van der Waals surface area contributed by atoms with Crippen LogP contribution in [0.15, 0.2) is 51.8 Å². The van der Waals surface area contributed by atoms with Gasteiger partial charge in [-0.25, -0.2) is 13.4 Å². The number of benzene rings is 2. The molecule has 1 amide bonds. The summed E-state index contributed by atoms with van der Waals surface area (Å²) in [5, 5.41) is 3.20. The number of carbonyl (C=O) groups is 1. The Morgan fingerprint density at radius 3 is 2.60 bits per heavy atom. The second-order valence-electron chi connectivity index (χ2n) is 5.16. The van der Waals surface area contributed by atoms with E-state index in [0.29, 0.717) is 22.8 Å². The SMILES string of the molecule is CCC(=O)Nc1nc2ccc(NS(=O)(=O)c3ccc(Br)cc3)cc2s1. The van der Waals surface area contributed by atoms with E-state index in [1.165, 1.54) is 23.5 Å². The van der Waals surface area contributed by atoms with Gasteiger partial charge in [0.25, 0.3) is 10.0 Å². The minimum atomic E-state index is -3.67. The number of thiazole rings is 1. The van der Waals surface area contributed by atoms with Crippen molar-refractivity contribution in [1.29, 1.82) is 0 Å². The number of hydrogen-bond acceptors (Lipinski definition) is 5. The van der Waals surface area contributed by atoms with Crippen LogP contribution in [0.5, 0.6) is 0 Å². The largest absolute Gasteiger partial charge is 0.302 e. The third-order valence-electron chi connectivity index (χ3n) is 3.33. The van der Waals surface area contributed by atoms with Gasteiger partial charge in [0.2, 0.25) is 5.91 Å². The zero-order valence-corrected chi connectivity index (χ0v) is 16.3. The fourth-order valence-electron chi connectivity index (χ4n) is 2.08. The summed E-state index contributed by atoms with van der Waals surface area (Å²) in [6, 6.07) is 11.4. The molecule has 6 nitrogen and oxygen atoms in total. The number of nitrogens with one attached hydrogen (secondary N) is 2. The summed E-state index contributed by atoms with van der Waals surface area (Å²) in [7, 11) is -3.67. The smallest absolute Gasteiger partial charge is 0.261 e. The highest BCUT2D eigenvalue weighted by Crippen LogP contribution is 2.29. The molecule has 3 aromatic rings. The Bertz CT molecular complexity index is 1030. The first-order valence-electron chi connectivity index (χ1n) is 7.36. The van der Waals surface area contributed by atoms with Gasteiger partial charge < -0.3 is 5.32 Å². The number of rotatable bonds is 5. The van der Waals surface area contributed by atoms with Crippen LogP contribution in [0.4, 0.5) is 10.8 Å². The number of carbonyl (C=O) groups excluding carboxylic acids is 1. The first-order chi connectivity index (χ1) is 11.9. The Morgan fingerprint density at radius 1 is 1.20 bits per heavy atom. The zero-order valence-electron chi connectivity index (χ0n) is 13.1. The molecule has 3 rings (SSSR count). The predicted octanol–water partition coefficient (Wildman–Crippen LogP) is 4.21. The second-order valence-corrected chi connectivity index (χ2v) is 8.79. The molecule has 0 spiro atoms. The zero-order chi connectivity index (χ0) is 18.0. The fourth-order valence-corrected chi connectivity index (χ4v) is 4.31. The molecule has 1 aromatic heterocycles. The third-order valence-corrected chi connectivity index (χ3v) is 6.19. The summed E-state index contributed by atoms with van der Waals surface area (Å²) in [4.78, 5) is 15.9. The average Bonchev–Trinajstić information content (AvgIpc) is 2.96. The maximum atomic E-state index is 12.4. The van der Waals surface area contributed by atoms with Crippen molar-refractivity contribution >= 4 is 64.2 Å². The second kappa shape index (κ2) is 7.11. The van der Waals surface area contributed by atoms with Crippen molar-refractivity contribution in [1.82, 2.24) is 4.98 Å². The lowest BCUT2D eigenvalue weighted by Crippen LogP contribution is -2.12. The highest BCUT2D eigenvalue weighted by Gasteiger charge is 2.15. The van der Waals surface area contributed by atoms with Crippen molar-refractivity contribution < 1.29 is 13.2 Å². The molecule has 130 valence electrons. The van der Waals surface area contributed by atoms with Gasteiger partial charge in [0.15, 0.2) is 5.13 Å². The standard InChI is InChI=1S/C16H14BrN3O3S2/c1-2-15(21)19-16-18-13-8-5-11(9-14(13)24-16)20-25(22,23)12-6-3-10(17)4-7-12/h3-9,20H,2H2,1H3,(H,18,19,21). The Hall–Kier alpha value is -1.97. The van der Waals surface area contributed by atoms with Crippen LogP contribution in [-0.4, -0.2) is 19.3 Å². The van der Waals surface area contributed by atoms with Gasteiger partial charge in [0.1, 0.15) is 0 Å². The summed E-state index contributed by atoms with van der Waals surface area (Å²) >= 11 is 4.57. The topological polar surface area (TPSA) is 88.2 Å². The number of amides is 1. The molecule has 25 heavy (non-hydrogen) atoms. The summed E-state index contributed by atoms with van der Waals surface area (Å²) in [5.74, 6) is -0.116. The van der Waals surface area contributed by atoms with Crippen molar-refractivity contribution in [3.63, 3.8) is 0 Å². The molecule has 0 saturated carbocycles. The van der Waals surface area contributed by atoms with Crippen molar-refractivity contribution in [2.24, 2.45) is 0 Å². The van der Waals surface area contributed by atoms with Gasteiger partial charge in [0.05, 0.1) is 20.8 Å². The van der Waals surface area contributed by atoms with Crippen LogP contribution in [-0.2, 0) is 14.8 Å². The normalized spacial score (nSPS) is 11.4. The van der Waals surface area contributed by atoms with Crippen molar-refractivity contribution in [3.8, 4) is 0 Å². The highest BCUT2D eigenvalue weighted by molar-refractivity contribution is 9.10. The summed E-state index contributed by atoms with van der Waals surface area (Å²) in [6.07, 6.45) is 0.369. The van der Waals surface area contributed by atoms with E-state index in [0.717, 1.165) is 9.17 Å². The van der Waals surface area contributed by atoms with Crippen molar-refractivity contribution in [3.05, 3.63) is 46.9 Å². The van der Waals surface area contributed by atoms with Crippen molar-refractivity contribution in [2.45, 2.75) is 18.2 Å². The third kappa shape index (κ3) is 4.17. The molecule has 0 aliphatic rings. The molecular weight excluding hydrogens is 426 g/mol. The van der Waals surface area contributed by atoms with Crippen LogP contribution in [0.25, 0.3) is 10.2 Å². The minimum Gasteiger partial charge on any atom is -0.302 e. The van der Waals surface area contributed by atoms with Gasteiger partial charge in [0, 0.05) is 10.9 Å². The van der Waals surface area contributed by atoms with Crippen LogP contribution in [0.2, 0.25) is 0 Å². The van der Waals surface area contributed by atoms with E-state index in [-0.39, 0.29) is 10.8 Å². The predicted molar refractivity (Wildman–Crippen MR) is 103 cm³/mol. The minimum absolute atomic E-state index is 0.116. The van der Waals surface area contributed by atoms with Crippen LogP contribution in [0, 0.1) is 0 Å². The van der Waals surface area contributed by atoms with Gasteiger partial charge in [-0.3, -0.25) is 9.52 Å². The number of anilines is 2. The number of nitrogens with zero attached hydrogens (tertiary/aromatic N) is 1. The Kier molecular flexibility index (Phi) is 5.07. The number of hydrogen-bond donors (Lipinski definition) is 2. The fraction of sp³-hybridized carbons (Fsp3) is 0.125. The van der Waals surface area contributed by atoms with Gasteiger partial charge >= 0.3 is 0 Å². The monoisotopic (exact) mass is 439 g/mol. The molecule has 0 saturated heterocycles. The van der Waals surface area contributed by atoms with Gasteiger partial charge in [-0.05, 0) is 42.5 Å². The Balaban J connectivity index is 1.86.